The molecule has 0 atom stereocenters. The normalized spacial score (nSPS) is 14.7. The molecule has 41 heavy (non-hydrogen) atoms. The Kier molecular flexibility index (Phi) is 10.3. The standard InChI is InChI=1S/C25H36N6O4S.CH4O3S/c1-6-10-19-21-22(30(5)28-19)24(32)27-23(26-21)18-16-17(11-12-20(18)35-15-7-2)36(33,34)29-25(3,4)31-13-8-9-14-31;1-5(2,3)4/h11-12,16,29H,6-10,13-15H2,1-5H3,(H,26,27,32);1H3,(H,2,3,4). The molecule has 228 valence electrons. The maximum absolute atomic E-state index is 13.5. The topological polar surface area (TPSA) is 177 Å². The molecule has 1 fully saturated rings. The molecule has 3 aromatic rings. The van der Waals surface area contributed by atoms with Crippen LogP contribution in [0.5, 0.6) is 5.75 Å². The zero-order valence-corrected chi connectivity index (χ0v) is 26.0. The van der Waals surface area contributed by atoms with Gasteiger partial charge in [0.15, 0.2) is 5.52 Å². The van der Waals surface area contributed by atoms with E-state index in [2.05, 4.69) is 19.7 Å². The number of hydrogen-bond acceptors (Lipinski definition) is 9. The highest BCUT2D eigenvalue weighted by atomic mass is 32.2. The van der Waals surface area contributed by atoms with Crippen molar-refractivity contribution >= 4 is 31.2 Å². The van der Waals surface area contributed by atoms with E-state index in [0.29, 0.717) is 41.6 Å². The summed E-state index contributed by atoms with van der Waals surface area (Å²) in [5.74, 6) is 0.706. The molecule has 3 heterocycles. The van der Waals surface area contributed by atoms with Gasteiger partial charge in [-0.3, -0.25) is 18.9 Å². The Bertz CT molecular complexity index is 1630. The quantitative estimate of drug-likeness (QED) is 0.289. The van der Waals surface area contributed by atoms with Crippen LogP contribution in [-0.2, 0) is 33.6 Å². The lowest BCUT2D eigenvalue weighted by Crippen LogP contribution is -2.55. The second-order valence-electron chi connectivity index (χ2n) is 10.5. The van der Waals surface area contributed by atoms with Crippen LogP contribution in [0.15, 0.2) is 27.9 Å². The number of ether oxygens (including phenoxy) is 1. The van der Waals surface area contributed by atoms with E-state index in [1.807, 2.05) is 27.7 Å². The van der Waals surface area contributed by atoms with E-state index in [4.69, 9.17) is 14.3 Å². The molecule has 1 saturated heterocycles. The first kappa shape index (κ1) is 32.7. The monoisotopic (exact) mass is 612 g/mol. The molecule has 13 nitrogen and oxygen atoms in total. The predicted molar refractivity (Wildman–Crippen MR) is 157 cm³/mol. The Morgan fingerprint density at radius 2 is 1.76 bits per heavy atom. The second kappa shape index (κ2) is 13.0. The van der Waals surface area contributed by atoms with Gasteiger partial charge in [0, 0.05) is 7.05 Å². The molecule has 2 aromatic heterocycles. The van der Waals surface area contributed by atoms with Crippen LogP contribution < -0.4 is 15.0 Å². The number of H-pyrrole nitrogens is 1. The van der Waals surface area contributed by atoms with Gasteiger partial charge in [0.2, 0.25) is 10.0 Å². The Morgan fingerprint density at radius 3 is 2.34 bits per heavy atom. The third-order valence-corrected chi connectivity index (χ3v) is 8.15. The number of nitrogens with zero attached hydrogens (tertiary/aromatic N) is 4. The molecule has 4 rings (SSSR count). The summed E-state index contributed by atoms with van der Waals surface area (Å²) in [4.78, 5) is 22.8. The number of aromatic nitrogens is 4. The van der Waals surface area contributed by atoms with Gasteiger partial charge in [-0.15, -0.1) is 0 Å². The van der Waals surface area contributed by atoms with E-state index >= 15 is 0 Å². The van der Waals surface area contributed by atoms with Crippen LogP contribution in [0.2, 0.25) is 0 Å². The summed E-state index contributed by atoms with van der Waals surface area (Å²) < 4.78 is 63.1. The zero-order valence-electron chi connectivity index (χ0n) is 24.4. The summed E-state index contributed by atoms with van der Waals surface area (Å²) in [6.45, 7) is 9.92. The first-order valence-corrected chi connectivity index (χ1v) is 16.8. The van der Waals surface area contributed by atoms with E-state index in [-0.39, 0.29) is 16.3 Å². The number of aromatic amines is 1. The van der Waals surface area contributed by atoms with Crippen molar-refractivity contribution in [1.82, 2.24) is 29.4 Å². The van der Waals surface area contributed by atoms with Crippen molar-refractivity contribution in [3.05, 3.63) is 34.2 Å². The van der Waals surface area contributed by atoms with E-state index < -0.39 is 25.8 Å². The minimum atomic E-state index is -3.87. The smallest absolute Gasteiger partial charge is 0.277 e. The van der Waals surface area contributed by atoms with Crippen LogP contribution in [0.25, 0.3) is 22.4 Å². The van der Waals surface area contributed by atoms with Gasteiger partial charge in [0.25, 0.3) is 15.7 Å². The van der Waals surface area contributed by atoms with Gasteiger partial charge < -0.3 is 9.72 Å². The Labute approximate surface area is 241 Å². The van der Waals surface area contributed by atoms with E-state index in [1.165, 1.54) is 16.8 Å². The number of rotatable bonds is 10. The van der Waals surface area contributed by atoms with E-state index in [0.717, 1.165) is 44.5 Å². The number of nitrogens with one attached hydrogen (secondary N) is 2. The lowest BCUT2D eigenvalue weighted by atomic mass is 10.1. The zero-order chi connectivity index (χ0) is 30.6. The maximum atomic E-state index is 13.5. The molecule has 1 aliphatic rings. The Hall–Kier alpha value is -2.85. The van der Waals surface area contributed by atoms with Crippen LogP contribution in [0.1, 0.15) is 59.1 Å². The van der Waals surface area contributed by atoms with Gasteiger partial charge >= 0.3 is 0 Å². The number of aryl methyl sites for hydroxylation is 2. The van der Waals surface area contributed by atoms with E-state index in [9.17, 15) is 21.6 Å². The molecule has 0 saturated carbocycles. The molecule has 0 unspecified atom stereocenters. The summed E-state index contributed by atoms with van der Waals surface area (Å²) >= 11 is 0. The van der Waals surface area contributed by atoms with Crippen LogP contribution in [0, 0.1) is 0 Å². The molecule has 0 aliphatic carbocycles. The van der Waals surface area contributed by atoms with Gasteiger partial charge in [-0.1, -0.05) is 20.3 Å². The fourth-order valence-corrected chi connectivity index (χ4v) is 6.13. The minimum absolute atomic E-state index is 0.0799. The average Bonchev–Trinajstić information content (AvgIpc) is 3.51. The molecule has 0 bridgehead atoms. The number of hydrogen-bond donors (Lipinski definition) is 3. The highest BCUT2D eigenvalue weighted by Gasteiger charge is 2.34. The summed E-state index contributed by atoms with van der Waals surface area (Å²) in [6.07, 6.45) is 5.12. The van der Waals surface area contributed by atoms with Gasteiger partial charge in [-0.25, -0.2) is 13.4 Å². The fraction of sp³-hybridized carbons (Fsp3) is 0.577. The van der Waals surface area contributed by atoms with Gasteiger partial charge in [0.05, 0.1) is 34.7 Å². The van der Waals surface area contributed by atoms with Crippen molar-refractivity contribution in [2.75, 3.05) is 26.0 Å². The van der Waals surface area contributed by atoms with Gasteiger partial charge in [0.1, 0.15) is 17.1 Å². The molecule has 0 spiro atoms. The van der Waals surface area contributed by atoms with Crippen LogP contribution in [0.3, 0.4) is 0 Å². The molecule has 1 aliphatic heterocycles. The molecule has 1 aromatic carbocycles. The lowest BCUT2D eigenvalue weighted by Gasteiger charge is -2.35. The lowest BCUT2D eigenvalue weighted by molar-refractivity contribution is 0.143. The summed E-state index contributed by atoms with van der Waals surface area (Å²) in [6, 6.07) is 4.68. The van der Waals surface area contributed by atoms with Crippen molar-refractivity contribution in [3.63, 3.8) is 0 Å². The van der Waals surface area contributed by atoms with Crippen LogP contribution in [-0.4, -0.2) is 77.7 Å². The van der Waals surface area contributed by atoms with Gasteiger partial charge in [-0.2, -0.15) is 18.2 Å². The van der Waals surface area contributed by atoms with Crippen molar-refractivity contribution in [2.24, 2.45) is 7.05 Å². The van der Waals surface area contributed by atoms with Crippen molar-refractivity contribution < 1.29 is 26.1 Å². The largest absolute Gasteiger partial charge is 0.493 e. The highest BCUT2D eigenvalue weighted by Crippen LogP contribution is 2.32. The first-order chi connectivity index (χ1) is 19.1. The predicted octanol–water partition coefficient (Wildman–Crippen LogP) is 2.68. The maximum Gasteiger partial charge on any atom is 0.277 e. The average molecular weight is 613 g/mol. The number of likely N-dealkylation sites (tertiary alicyclic amines) is 1. The third kappa shape index (κ3) is 8.35. The molecule has 15 heteroatoms. The van der Waals surface area contributed by atoms with Crippen molar-refractivity contribution in [2.45, 2.75) is 70.4 Å². The van der Waals surface area contributed by atoms with Crippen molar-refractivity contribution in [1.29, 1.82) is 0 Å². The third-order valence-electron chi connectivity index (χ3n) is 6.51. The number of fused-ring (bicyclic) bond motifs is 1. The molecule has 0 radical (unpaired) electrons. The molecule has 3 N–H and O–H groups in total. The number of sulfonamides is 1. The number of benzene rings is 1. The first-order valence-electron chi connectivity index (χ1n) is 13.5. The van der Waals surface area contributed by atoms with Crippen LogP contribution in [0.4, 0.5) is 0 Å². The molecular formula is C26H40N6O7S2. The summed E-state index contributed by atoms with van der Waals surface area (Å²) in [7, 11) is -5.82. The minimum Gasteiger partial charge on any atom is -0.493 e. The second-order valence-corrected chi connectivity index (χ2v) is 13.7. The van der Waals surface area contributed by atoms with Gasteiger partial charge in [-0.05, 0) is 70.8 Å². The van der Waals surface area contributed by atoms with Crippen molar-refractivity contribution in [3.8, 4) is 17.1 Å². The Balaban J connectivity index is 0.000000850. The molecule has 0 amide bonds. The Morgan fingerprint density at radius 1 is 1.12 bits per heavy atom. The summed E-state index contributed by atoms with van der Waals surface area (Å²) in [5.41, 5.74) is 0.975. The fourth-order valence-electron chi connectivity index (χ4n) is 4.71. The molecular weight excluding hydrogens is 572 g/mol. The highest BCUT2D eigenvalue weighted by molar-refractivity contribution is 7.89. The summed E-state index contributed by atoms with van der Waals surface area (Å²) in [5, 5.41) is 4.47. The SMILES string of the molecule is CCCOc1ccc(S(=O)(=O)NC(C)(C)N2CCCC2)cc1-c1nc2c(CCC)nn(C)c2c(=O)[nH]1.CS(=O)(=O)O. The van der Waals surface area contributed by atoms with E-state index in [1.54, 1.807) is 13.1 Å². The van der Waals surface area contributed by atoms with Crippen LogP contribution >= 0.6 is 0 Å².